The average Bonchev–Trinajstić information content (AvgIpc) is 1.90. The number of hydrogen-bond acceptors (Lipinski definition) is 2. The Morgan fingerprint density at radius 1 is 1.78 bits per heavy atom. The summed E-state index contributed by atoms with van der Waals surface area (Å²) in [5, 5.41) is 0.505. The maximum Gasteiger partial charge on any atom is 0.335 e. The fourth-order valence-corrected chi connectivity index (χ4v) is 1.43. The summed E-state index contributed by atoms with van der Waals surface area (Å²) < 4.78 is 4.43. The lowest BCUT2D eigenvalue weighted by atomic mass is 10.4. The molecule has 0 saturated heterocycles. The topological polar surface area (TPSA) is 26.3 Å². The largest absolute Gasteiger partial charge is 0.466 e. The van der Waals surface area contributed by atoms with Gasteiger partial charge in [-0.2, -0.15) is 0 Å². The molecule has 0 aromatic rings. The van der Waals surface area contributed by atoms with E-state index in [1.54, 1.807) is 0 Å². The standard InChI is InChI=1S/C5H6Br2O2/c1-9-5(8)4(2-6)3-7/h2H,3H2,1H3/b4-2+. The Balaban J connectivity index is 3.97. The third-order valence-corrected chi connectivity index (χ3v) is 1.88. The lowest BCUT2D eigenvalue weighted by Gasteiger charge is -1.96. The quantitative estimate of drug-likeness (QED) is 0.429. The van der Waals surface area contributed by atoms with E-state index < -0.39 is 0 Å². The summed E-state index contributed by atoms with van der Waals surface area (Å²) in [6, 6.07) is 0. The van der Waals surface area contributed by atoms with Crippen LogP contribution in [0.2, 0.25) is 0 Å². The van der Waals surface area contributed by atoms with Gasteiger partial charge in [0.25, 0.3) is 0 Å². The highest BCUT2D eigenvalue weighted by Crippen LogP contribution is 2.04. The van der Waals surface area contributed by atoms with Gasteiger partial charge >= 0.3 is 5.97 Å². The molecule has 0 radical (unpaired) electrons. The average molecular weight is 258 g/mol. The molecular weight excluding hydrogens is 252 g/mol. The van der Waals surface area contributed by atoms with Crippen LogP contribution in [0.4, 0.5) is 0 Å². The van der Waals surface area contributed by atoms with Crippen molar-refractivity contribution < 1.29 is 9.53 Å². The lowest BCUT2D eigenvalue weighted by molar-refractivity contribution is -0.135. The molecular formula is C5H6Br2O2. The summed E-state index contributed by atoms with van der Waals surface area (Å²) in [7, 11) is 1.35. The van der Waals surface area contributed by atoms with Crippen molar-refractivity contribution in [3.63, 3.8) is 0 Å². The number of ether oxygens (including phenoxy) is 1. The van der Waals surface area contributed by atoms with E-state index in [9.17, 15) is 4.79 Å². The van der Waals surface area contributed by atoms with Crippen LogP contribution >= 0.6 is 31.9 Å². The zero-order valence-electron chi connectivity index (χ0n) is 4.86. The highest BCUT2D eigenvalue weighted by Gasteiger charge is 2.04. The van der Waals surface area contributed by atoms with Gasteiger partial charge in [0.05, 0.1) is 12.7 Å². The van der Waals surface area contributed by atoms with Crippen LogP contribution in [0.5, 0.6) is 0 Å². The van der Waals surface area contributed by atoms with Gasteiger partial charge in [0.1, 0.15) is 0 Å². The predicted octanol–water partition coefficient (Wildman–Crippen LogP) is 1.83. The Labute approximate surface area is 70.5 Å². The fourth-order valence-electron chi connectivity index (χ4n) is 0.259. The first-order valence-corrected chi connectivity index (χ1v) is 4.23. The molecule has 0 atom stereocenters. The first-order chi connectivity index (χ1) is 4.26. The number of hydrogen-bond donors (Lipinski definition) is 0. The van der Waals surface area contributed by atoms with E-state index in [0.29, 0.717) is 10.9 Å². The molecule has 0 aliphatic heterocycles. The van der Waals surface area contributed by atoms with E-state index in [-0.39, 0.29) is 5.97 Å². The van der Waals surface area contributed by atoms with Crippen molar-refractivity contribution in [1.29, 1.82) is 0 Å². The molecule has 0 spiro atoms. The first-order valence-electron chi connectivity index (χ1n) is 2.19. The van der Waals surface area contributed by atoms with Crippen LogP contribution in [0.25, 0.3) is 0 Å². The number of alkyl halides is 1. The van der Waals surface area contributed by atoms with Crippen molar-refractivity contribution in [2.24, 2.45) is 0 Å². The highest BCUT2D eigenvalue weighted by atomic mass is 79.9. The molecule has 52 valence electrons. The van der Waals surface area contributed by atoms with Crippen molar-refractivity contribution in [3.05, 3.63) is 10.6 Å². The monoisotopic (exact) mass is 256 g/mol. The van der Waals surface area contributed by atoms with Crippen LogP contribution in [0, 0.1) is 0 Å². The Hall–Kier alpha value is 0.170. The molecule has 0 aliphatic carbocycles. The molecule has 0 N–H and O–H groups in total. The summed E-state index contributed by atoms with van der Waals surface area (Å²) >= 11 is 6.14. The summed E-state index contributed by atoms with van der Waals surface area (Å²) in [5.74, 6) is -0.316. The van der Waals surface area contributed by atoms with Crippen molar-refractivity contribution in [1.82, 2.24) is 0 Å². The van der Waals surface area contributed by atoms with Gasteiger partial charge in [-0.25, -0.2) is 4.79 Å². The van der Waals surface area contributed by atoms with Crippen LogP contribution in [-0.2, 0) is 9.53 Å². The molecule has 9 heavy (non-hydrogen) atoms. The van der Waals surface area contributed by atoms with Gasteiger partial charge in [0.15, 0.2) is 0 Å². The molecule has 0 aromatic carbocycles. The van der Waals surface area contributed by atoms with Gasteiger partial charge in [0, 0.05) is 5.33 Å². The molecule has 4 heteroatoms. The lowest BCUT2D eigenvalue weighted by Crippen LogP contribution is -2.04. The van der Waals surface area contributed by atoms with Gasteiger partial charge in [-0.15, -0.1) is 0 Å². The van der Waals surface area contributed by atoms with E-state index in [0.717, 1.165) is 0 Å². The number of methoxy groups -OCH3 is 1. The van der Waals surface area contributed by atoms with E-state index in [1.165, 1.54) is 12.1 Å². The summed E-state index contributed by atoms with van der Waals surface area (Å²) in [6.45, 7) is 0. The number of carbonyl (C=O) groups excluding carboxylic acids is 1. The summed E-state index contributed by atoms with van der Waals surface area (Å²) in [6.07, 6.45) is 0. The van der Waals surface area contributed by atoms with E-state index >= 15 is 0 Å². The fraction of sp³-hybridized carbons (Fsp3) is 0.400. The maximum absolute atomic E-state index is 10.6. The third-order valence-electron chi connectivity index (χ3n) is 0.723. The molecule has 0 fully saturated rings. The van der Waals surface area contributed by atoms with Crippen molar-refractivity contribution >= 4 is 37.8 Å². The van der Waals surface area contributed by atoms with Gasteiger partial charge < -0.3 is 4.74 Å². The predicted molar refractivity (Wildman–Crippen MR) is 42.8 cm³/mol. The van der Waals surface area contributed by atoms with E-state index in [1.807, 2.05) is 0 Å². The summed E-state index contributed by atoms with van der Waals surface area (Å²) in [5.41, 5.74) is 0.567. The van der Waals surface area contributed by atoms with E-state index in [4.69, 9.17) is 0 Å². The SMILES string of the molecule is COC(=O)/C(=C/Br)CBr. The van der Waals surface area contributed by atoms with Gasteiger partial charge in [-0.05, 0) is 4.99 Å². The van der Waals surface area contributed by atoms with E-state index in [2.05, 4.69) is 36.6 Å². The van der Waals surface area contributed by atoms with Gasteiger partial charge in [-0.3, -0.25) is 0 Å². The zero-order valence-corrected chi connectivity index (χ0v) is 8.03. The molecule has 0 aliphatic rings. The van der Waals surface area contributed by atoms with Crippen molar-refractivity contribution in [2.45, 2.75) is 0 Å². The second-order valence-electron chi connectivity index (χ2n) is 1.26. The van der Waals surface area contributed by atoms with Crippen molar-refractivity contribution in [2.75, 3.05) is 12.4 Å². The molecule has 0 amide bonds. The minimum Gasteiger partial charge on any atom is -0.466 e. The summed E-state index contributed by atoms with van der Waals surface area (Å²) in [4.78, 5) is 12.2. The number of esters is 1. The van der Waals surface area contributed by atoms with Crippen molar-refractivity contribution in [3.8, 4) is 0 Å². The maximum atomic E-state index is 10.6. The Morgan fingerprint density at radius 3 is 2.44 bits per heavy atom. The second-order valence-corrected chi connectivity index (χ2v) is 2.28. The zero-order chi connectivity index (χ0) is 7.28. The number of rotatable bonds is 2. The molecule has 0 unspecified atom stereocenters. The van der Waals surface area contributed by atoms with Crippen LogP contribution in [0.3, 0.4) is 0 Å². The van der Waals surface area contributed by atoms with Crippen LogP contribution in [-0.4, -0.2) is 18.4 Å². The molecule has 0 rings (SSSR count). The Bertz CT molecular complexity index is 131. The molecule has 0 saturated carbocycles. The minimum absolute atomic E-state index is 0.316. The molecule has 0 heterocycles. The highest BCUT2D eigenvalue weighted by molar-refractivity contribution is 9.11. The smallest absolute Gasteiger partial charge is 0.335 e. The molecule has 0 aromatic heterocycles. The van der Waals surface area contributed by atoms with Gasteiger partial charge in [-0.1, -0.05) is 31.9 Å². The molecule has 2 nitrogen and oxygen atoms in total. The number of halogens is 2. The Morgan fingerprint density at radius 2 is 2.33 bits per heavy atom. The number of carbonyl (C=O) groups is 1. The second kappa shape index (κ2) is 4.99. The Kier molecular flexibility index (Phi) is 5.09. The van der Waals surface area contributed by atoms with Crippen LogP contribution in [0.15, 0.2) is 10.6 Å². The van der Waals surface area contributed by atoms with Crippen LogP contribution in [0.1, 0.15) is 0 Å². The first kappa shape index (κ1) is 9.17. The van der Waals surface area contributed by atoms with Gasteiger partial charge in [0.2, 0.25) is 0 Å². The minimum atomic E-state index is -0.316. The van der Waals surface area contributed by atoms with Crippen LogP contribution < -0.4 is 0 Å². The normalized spacial score (nSPS) is 11.2. The third kappa shape index (κ3) is 3.01. The molecule has 0 bridgehead atoms.